The smallest absolute Gasteiger partial charge is 0.319 e. The van der Waals surface area contributed by atoms with Crippen LogP contribution in [0.15, 0.2) is 0 Å². The van der Waals surface area contributed by atoms with Gasteiger partial charge in [0.2, 0.25) is 0 Å². The number of methoxy groups -OCH3 is 1. The first-order valence-electron chi connectivity index (χ1n) is 6.25. The number of hydrogen-bond donors (Lipinski definition) is 0. The third-order valence-electron chi connectivity index (χ3n) is 3.23. The average molecular weight is 228 g/mol. The van der Waals surface area contributed by atoms with E-state index in [1.807, 2.05) is 23.6 Å². The molecule has 1 aliphatic heterocycles. The number of nitrogens with zero attached hydrogens (tertiary/aromatic N) is 2. The van der Waals surface area contributed by atoms with E-state index < -0.39 is 0 Å². The van der Waals surface area contributed by atoms with E-state index in [1.165, 1.54) is 6.42 Å². The molecule has 0 bridgehead atoms. The minimum absolute atomic E-state index is 0.186. The molecule has 0 N–H and O–H groups in total. The van der Waals surface area contributed by atoms with Crippen molar-refractivity contribution in [3.05, 3.63) is 0 Å². The summed E-state index contributed by atoms with van der Waals surface area (Å²) in [4.78, 5) is 16.0. The molecule has 1 aliphatic rings. The fourth-order valence-corrected chi connectivity index (χ4v) is 2.30. The predicted octanol–water partition coefficient (Wildman–Crippen LogP) is 1.81. The van der Waals surface area contributed by atoms with Crippen LogP contribution in [0.4, 0.5) is 4.79 Å². The molecule has 1 rings (SSSR count). The maximum atomic E-state index is 12.1. The number of carbonyl (C=O) groups is 1. The zero-order chi connectivity index (χ0) is 12.0. The SMILES string of the molecule is CCN(CC)C(=O)N1CCCC(COC)C1. The van der Waals surface area contributed by atoms with Crippen LogP contribution in [0.25, 0.3) is 0 Å². The quantitative estimate of drug-likeness (QED) is 0.735. The number of amides is 2. The number of urea groups is 1. The van der Waals surface area contributed by atoms with E-state index in [2.05, 4.69) is 0 Å². The lowest BCUT2D eigenvalue weighted by molar-refractivity contribution is 0.0887. The molecule has 4 heteroatoms. The second kappa shape index (κ2) is 6.74. The molecule has 2 amide bonds. The topological polar surface area (TPSA) is 32.8 Å². The zero-order valence-corrected chi connectivity index (χ0v) is 10.7. The van der Waals surface area contributed by atoms with Crippen LogP contribution in [0, 0.1) is 5.92 Å². The second-order valence-electron chi connectivity index (χ2n) is 4.36. The summed E-state index contributed by atoms with van der Waals surface area (Å²) in [5, 5.41) is 0. The van der Waals surface area contributed by atoms with Crippen LogP contribution in [0.3, 0.4) is 0 Å². The van der Waals surface area contributed by atoms with Gasteiger partial charge in [0.1, 0.15) is 0 Å². The molecule has 0 saturated carbocycles. The molecular formula is C12H24N2O2. The summed E-state index contributed by atoms with van der Waals surface area (Å²) >= 11 is 0. The summed E-state index contributed by atoms with van der Waals surface area (Å²) in [6.07, 6.45) is 2.27. The molecule has 4 nitrogen and oxygen atoms in total. The van der Waals surface area contributed by atoms with Crippen LogP contribution >= 0.6 is 0 Å². The normalized spacial score (nSPS) is 20.9. The van der Waals surface area contributed by atoms with E-state index >= 15 is 0 Å². The number of rotatable bonds is 4. The van der Waals surface area contributed by atoms with E-state index in [1.54, 1.807) is 7.11 Å². The first-order chi connectivity index (χ1) is 7.72. The van der Waals surface area contributed by atoms with Gasteiger partial charge in [0.15, 0.2) is 0 Å². The molecule has 0 aromatic heterocycles. The molecule has 0 aromatic rings. The van der Waals surface area contributed by atoms with Crippen LogP contribution < -0.4 is 0 Å². The highest BCUT2D eigenvalue weighted by Crippen LogP contribution is 2.17. The maximum absolute atomic E-state index is 12.1. The molecule has 1 atom stereocenters. The van der Waals surface area contributed by atoms with Crippen molar-refractivity contribution in [3.8, 4) is 0 Å². The van der Waals surface area contributed by atoms with Gasteiger partial charge in [0, 0.05) is 39.2 Å². The van der Waals surface area contributed by atoms with Crippen molar-refractivity contribution in [2.75, 3.05) is 39.9 Å². The van der Waals surface area contributed by atoms with Crippen molar-refractivity contribution >= 4 is 6.03 Å². The minimum atomic E-state index is 0.186. The van der Waals surface area contributed by atoms with Gasteiger partial charge in [0.25, 0.3) is 0 Å². The highest BCUT2D eigenvalue weighted by atomic mass is 16.5. The molecule has 0 spiro atoms. The molecule has 0 aromatic carbocycles. The van der Waals surface area contributed by atoms with Crippen molar-refractivity contribution in [3.63, 3.8) is 0 Å². The summed E-state index contributed by atoms with van der Waals surface area (Å²) in [7, 11) is 1.73. The van der Waals surface area contributed by atoms with E-state index in [0.29, 0.717) is 5.92 Å². The van der Waals surface area contributed by atoms with E-state index in [0.717, 1.165) is 39.2 Å². The minimum Gasteiger partial charge on any atom is -0.384 e. The van der Waals surface area contributed by atoms with Crippen molar-refractivity contribution in [1.29, 1.82) is 0 Å². The molecule has 94 valence electrons. The van der Waals surface area contributed by atoms with Crippen molar-refractivity contribution in [2.45, 2.75) is 26.7 Å². The first kappa shape index (κ1) is 13.3. The van der Waals surface area contributed by atoms with Crippen molar-refractivity contribution in [1.82, 2.24) is 9.80 Å². The molecule has 16 heavy (non-hydrogen) atoms. The summed E-state index contributed by atoms with van der Waals surface area (Å²) in [5.41, 5.74) is 0. The monoisotopic (exact) mass is 228 g/mol. The molecule has 1 unspecified atom stereocenters. The third kappa shape index (κ3) is 3.37. The lowest BCUT2D eigenvalue weighted by Crippen LogP contribution is -2.48. The molecule has 0 aliphatic carbocycles. The highest BCUT2D eigenvalue weighted by Gasteiger charge is 2.25. The van der Waals surface area contributed by atoms with E-state index in [9.17, 15) is 4.79 Å². The van der Waals surface area contributed by atoms with Crippen molar-refractivity contribution in [2.24, 2.45) is 5.92 Å². The van der Waals surface area contributed by atoms with Gasteiger partial charge in [-0.3, -0.25) is 0 Å². The lowest BCUT2D eigenvalue weighted by atomic mass is 9.99. The van der Waals surface area contributed by atoms with Crippen molar-refractivity contribution < 1.29 is 9.53 Å². The van der Waals surface area contributed by atoms with Gasteiger partial charge in [0.05, 0.1) is 6.61 Å². The lowest BCUT2D eigenvalue weighted by Gasteiger charge is -2.35. The van der Waals surface area contributed by atoms with Crippen LogP contribution in [0.5, 0.6) is 0 Å². The number of carbonyl (C=O) groups excluding carboxylic acids is 1. The fraction of sp³-hybridized carbons (Fsp3) is 0.917. The highest BCUT2D eigenvalue weighted by molar-refractivity contribution is 5.74. The van der Waals surface area contributed by atoms with Gasteiger partial charge in [-0.25, -0.2) is 4.79 Å². The third-order valence-corrected chi connectivity index (χ3v) is 3.23. The number of ether oxygens (including phenoxy) is 1. The molecule has 1 fully saturated rings. The Bertz CT molecular complexity index is 215. The summed E-state index contributed by atoms with van der Waals surface area (Å²) < 4.78 is 5.17. The summed E-state index contributed by atoms with van der Waals surface area (Å²) in [6, 6.07) is 0.186. The largest absolute Gasteiger partial charge is 0.384 e. The molecule has 1 heterocycles. The number of likely N-dealkylation sites (tertiary alicyclic amines) is 1. The molecule has 1 saturated heterocycles. The Morgan fingerprint density at radius 1 is 1.44 bits per heavy atom. The van der Waals surface area contributed by atoms with Crippen LogP contribution in [-0.4, -0.2) is 55.7 Å². The standard InChI is InChI=1S/C12H24N2O2/c1-4-13(5-2)12(15)14-8-6-7-11(9-14)10-16-3/h11H,4-10H2,1-3H3. The Hall–Kier alpha value is -0.770. The van der Waals surface area contributed by atoms with Gasteiger partial charge >= 0.3 is 6.03 Å². The van der Waals surface area contributed by atoms with E-state index in [4.69, 9.17) is 4.74 Å². The first-order valence-corrected chi connectivity index (χ1v) is 6.25. The second-order valence-corrected chi connectivity index (χ2v) is 4.36. The van der Waals surface area contributed by atoms with Crippen LogP contribution in [0.1, 0.15) is 26.7 Å². The van der Waals surface area contributed by atoms with Gasteiger partial charge in [-0.1, -0.05) is 0 Å². The Morgan fingerprint density at radius 2 is 2.12 bits per heavy atom. The Labute approximate surface area is 98.5 Å². The van der Waals surface area contributed by atoms with Gasteiger partial charge in [-0.2, -0.15) is 0 Å². The van der Waals surface area contributed by atoms with Gasteiger partial charge in [-0.05, 0) is 26.7 Å². The fourth-order valence-electron chi connectivity index (χ4n) is 2.30. The number of hydrogen-bond acceptors (Lipinski definition) is 2. The zero-order valence-electron chi connectivity index (χ0n) is 10.7. The van der Waals surface area contributed by atoms with E-state index in [-0.39, 0.29) is 6.03 Å². The molecule has 0 radical (unpaired) electrons. The Balaban J connectivity index is 2.49. The Morgan fingerprint density at radius 3 is 2.69 bits per heavy atom. The van der Waals surface area contributed by atoms with Gasteiger partial charge < -0.3 is 14.5 Å². The average Bonchev–Trinajstić information content (AvgIpc) is 2.31. The summed E-state index contributed by atoms with van der Waals surface area (Å²) in [6.45, 7) is 8.15. The van der Waals surface area contributed by atoms with Crippen LogP contribution in [0.2, 0.25) is 0 Å². The maximum Gasteiger partial charge on any atom is 0.319 e. The predicted molar refractivity (Wildman–Crippen MR) is 64.5 cm³/mol. The molecular weight excluding hydrogens is 204 g/mol. The number of piperidine rings is 1. The van der Waals surface area contributed by atoms with Crippen LogP contribution in [-0.2, 0) is 4.74 Å². The van der Waals surface area contributed by atoms with Gasteiger partial charge in [-0.15, -0.1) is 0 Å². The summed E-state index contributed by atoms with van der Waals surface area (Å²) in [5.74, 6) is 0.512. The Kier molecular flexibility index (Phi) is 5.60.